The molecule has 10 heteroatoms. The van der Waals surface area contributed by atoms with E-state index in [1.165, 1.54) is 12.5 Å². The maximum Gasteiger partial charge on any atom is 0.239 e. The number of nitriles is 2. The summed E-state index contributed by atoms with van der Waals surface area (Å²) in [5.74, 6) is 0.319. The number of carbonyl (C=O) groups excluding carboxylic acids is 1. The number of furan rings is 1. The third kappa shape index (κ3) is 4.38. The molecule has 0 radical (unpaired) electrons. The fourth-order valence-corrected chi connectivity index (χ4v) is 3.79. The lowest BCUT2D eigenvalue weighted by Gasteiger charge is -2.16. The molecule has 0 bridgehead atoms. The summed E-state index contributed by atoms with van der Waals surface area (Å²) in [7, 11) is 0. The number of nitrogens with one attached hydrogen (secondary N) is 1. The van der Waals surface area contributed by atoms with Crippen molar-refractivity contribution in [2.24, 2.45) is 0 Å². The van der Waals surface area contributed by atoms with E-state index in [1.54, 1.807) is 24.3 Å². The third-order valence-corrected chi connectivity index (χ3v) is 5.65. The van der Waals surface area contributed by atoms with Gasteiger partial charge in [-0.1, -0.05) is 30.3 Å². The van der Waals surface area contributed by atoms with Crippen molar-refractivity contribution in [3.63, 3.8) is 0 Å². The molecular formula is C20H15ClN6O2S. The summed E-state index contributed by atoms with van der Waals surface area (Å²) in [5, 5.41) is 22.1. The van der Waals surface area contributed by atoms with E-state index in [-0.39, 0.29) is 33.4 Å². The fraction of sp³-hybridized carbons (Fsp3) is 0.150. The van der Waals surface area contributed by atoms with Gasteiger partial charge in [0.1, 0.15) is 40.1 Å². The van der Waals surface area contributed by atoms with Crippen molar-refractivity contribution in [3.8, 4) is 23.5 Å². The van der Waals surface area contributed by atoms with Crippen LogP contribution in [-0.2, 0) is 4.79 Å². The minimum absolute atomic E-state index is 0.0416. The Balaban J connectivity index is 1.96. The molecule has 1 atom stereocenters. The average molecular weight is 439 g/mol. The molecule has 0 saturated carbocycles. The van der Waals surface area contributed by atoms with E-state index >= 15 is 0 Å². The van der Waals surface area contributed by atoms with Crippen molar-refractivity contribution in [1.82, 2.24) is 9.97 Å². The molecule has 0 fully saturated rings. The minimum atomic E-state index is -0.584. The van der Waals surface area contributed by atoms with Gasteiger partial charge in [0.05, 0.1) is 27.7 Å². The molecule has 0 aromatic carbocycles. The molecule has 3 rings (SSSR count). The first kappa shape index (κ1) is 21.2. The van der Waals surface area contributed by atoms with Gasteiger partial charge in [0.2, 0.25) is 5.91 Å². The monoisotopic (exact) mass is 438 g/mol. The Bertz CT molecular complexity index is 1150. The molecule has 30 heavy (non-hydrogen) atoms. The smallest absolute Gasteiger partial charge is 0.239 e. The van der Waals surface area contributed by atoms with Gasteiger partial charge in [-0.15, -0.1) is 0 Å². The summed E-state index contributed by atoms with van der Waals surface area (Å²) >= 11 is 6.90. The zero-order valence-electron chi connectivity index (χ0n) is 15.7. The Labute approximate surface area is 181 Å². The van der Waals surface area contributed by atoms with Crippen molar-refractivity contribution in [1.29, 1.82) is 10.5 Å². The first-order valence-corrected chi connectivity index (χ1v) is 10.0. The molecule has 3 heterocycles. The quantitative estimate of drug-likeness (QED) is 0.544. The van der Waals surface area contributed by atoms with E-state index in [4.69, 9.17) is 21.8 Å². The first-order valence-electron chi connectivity index (χ1n) is 8.75. The number of pyridine rings is 2. The molecule has 0 saturated heterocycles. The van der Waals surface area contributed by atoms with Crippen LogP contribution in [0.1, 0.15) is 24.5 Å². The maximum absolute atomic E-state index is 12.7. The van der Waals surface area contributed by atoms with E-state index in [9.17, 15) is 15.3 Å². The Hall–Kier alpha value is -3.53. The number of rotatable bonds is 6. The van der Waals surface area contributed by atoms with E-state index < -0.39 is 5.25 Å². The molecular weight excluding hydrogens is 424 g/mol. The zero-order valence-corrected chi connectivity index (χ0v) is 17.3. The second-order valence-corrected chi connectivity index (χ2v) is 7.62. The Morgan fingerprint density at radius 3 is 2.67 bits per heavy atom. The third-order valence-electron chi connectivity index (χ3n) is 4.08. The number of nitrogen functional groups attached to an aromatic ring is 1. The highest BCUT2D eigenvalue weighted by Gasteiger charge is 2.26. The molecule has 3 aromatic rings. The topological polar surface area (TPSA) is 142 Å². The van der Waals surface area contributed by atoms with Gasteiger partial charge < -0.3 is 15.5 Å². The number of halogens is 1. The van der Waals surface area contributed by atoms with Gasteiger partial charge in [-0.3, -0.25) is 4.79 Å². The summed E-state index contributed by atoms with van der Waals surface area (Å²) in [6, 6.07) is 10.5. The summed E-state index contributed by atoms with van der Waals surface area (Å²) in [4.78, 5) is 21.0. The SMILES string of the molecule is CCC(Sc1nc(N)c(C#N)c(-c2ccco2)c1C#N)C(=O)Nc1ccc(Cl)cn1. The molecule has 1 unspecified atom stereocenters. The van der Waals surface area contributed by atoms with Crippen LogP contribution in [-0.4, -0.2) is 21.1 Å². The normalized spacial score (nSPS) is 11.3. The molecule has 0 aliphatic carbocycles. The highest BCUT2D eigenvalue weighted by molar-refractivity contribution is 8.00. The molecule has 150 valence electrons. The number of nitrogens with two attached hydrogens (primary N) is 1. The van der Waals surface area contributed by atoms with Gasteiger partial charge in [0.15, 0.2) is 0 Å². The van der Waals surface area contributed by atoms with Crippen LogP contribution in [0.2, 0.25) is 5.02 Å². The van der Waals surface area contributed by atoms with Gasteiger partial charge >= 0.3 is 0 Å². The predicted octanol–water partition coefficient (Wildman–Crippen LogP) is 4.22. The molecule has 8 nitrogen and oxygen atoms in total. The van der Waals surface area contributed by atoms with Crippen LogP contribution >= 0.6 is 23.4 Å². The van der Waals surface area contributed by atoms with Crippen LogP contribution in [0.15, 0.2) is 46.2 Å². The molecule has 3 N–H and O–H groups in total. The molecule has 0 aliphatic rings. The summed E-state index contributed by atoms with van der Waals surface area (Å²) in [6.45, 7) is 1.83. The van der Waals surface area contributed by atoms with E-state index in [1.807, 2.05) is 13.0 Å². The molecule has 0 aliphatic heterocycles. The highest BCUT2D eigenvalue weighted by Crippen LogP contribution is 2.37. The number of hydrogen-bond donors (Lipinski definition) is 2. The van der Waals surface area contributed by atoms with E-state index in [2.05, 4.69) is 21.4 Å². The van der Waals surface area contributed by atoms with Crippen LogP contribution in [0.25, 0.3) is 11.3 Å². The average Bonchev–Trinajstić information content (AvgIpc) is 3.27. The lowest BCUT2D eigenvalue weighted by molar-refractivity contribution is -0.115. The Morgan fingerprint density at radius 2 is 2.10 bits per heavy atom. The number of anilines is 2. The maximum atomic E-state index is 12.7. The second kappa shape index (κ2) is 9.31. The summed E-state index contributed by atoms with van der Waals surface area (Å²) in [5.41, 5.74) is 6.40. The van der Waals surface area contributed by atoms with Crippen LogP contribution < -0.4 is 11.1 Å². The number of thioether (sulfide) groups is 1. The highest BCUT2D eigenvalue weighted by atomic mass is 35.5. The number of nitrogens with zero attached hydrogens (tertiary/aromatic N) is 4. The lowest BCUT2D eigenvalue weighted by atomic mass is 10.0. The summed E-state index contributed by atoms with van der Waals surface area (Å²) < 4.78 is 5.39. The number of hydrogen-bond acceptors (Lipinski definition) is 8. The standard InChI is InChI=1S/C20H15ClN6O2S/c1-2-15(19(28)26-16-6-5-11(21)10-25-16)30-20-13(9-23)17(14-4-3-7-29-14)12(8-22)18(24)27-20/h3-7,10,15H,2H2,1H3,(H2,24,27)(H,25,26,28). The van der Waals surface area contributed by atoms with Gasteiger partial charge in [-0.25, -0.2) is 9.97 Å². The van der Waals surface area contributed by atoms with Crippen molar-refractivity contribution in [2.45, 2.75) is 23.6 Å². The van der Waals surface area contributed by atoms with Crippen LogP contribution in [0, 0.1) is 22.7 Å². The molecule has 3 aromatic heterocycles. The number of amides is 1. The van der Waals surface area contributed by atoms with Crippen molar-refractivity contribution >= 4 is 40.9 Å². The van der Waals surface area contributed by atoms with Gasteiger partial charge in [0, 0.05) is 6.20 Å². The van der Waals surface area contributed by atoms with Gasteiger partial charge in [0.25, 0.3) is 0 Å². The van der Waals surface area contributed by atoms with E-state index in [0.29, 0.717) is 23.0 Å². The largest absolute Gasteiger partial charge is 0.464 e. The zero-order chi connectivity index (χ0) is 21.7. The first-order chi connectivity index (χ1) is 14.5. The van der Waals surface area contributed by atoms with Crippen LogP contribution in [0.3, 0.4) is 0 Å². The van der Waals surface area contributed by atoms with Crippen molar-refractivity contribution in [3.05, 3.63) is 52.9 Å². The van der Waals surface area contributed by atoms with Crippen LogP contribution in [0.5, 0.6) is 0 Å². The lowest BCUT2D eigenvalue weighted by Crippen LogP contribution is -2.25. The predicted molar refractivity (Wildman–Crippen MR) is 114 cm³/mol. The Morgan fingerprint density at radius 1 is 1.33 bits per heavy atom. The minimum Gasteiger partial charge on any atom is -0.464 e. The fourth-order valence-electron chi connectivity index (χ4n) is 2.66. The Kier molecular flexibility index (Phi) is 6.58. The number of aromatic nitrogens is 2. The number of carbonyl (C=O) groups is 1. The molecule has 1 amide bonds. The van der Waals surface area contributed by atoms with Gasteiger partial charge in [-0.05, 0) is 30.7 Å². The van der Waals surface area contributed by atoms with Crippen molar-refractivity contribution in [2.75, 3.05) is 11.1 Å². The van der Waals surface area contributed by atoms with Gasteiger partial charge in [-0.2, -0.15) is 10.5 Å². The van der Waals surface area contributed by atoms with E-state index in [0.717, 1.165) is 11.8 Å². The summed E-state index contributed by atoms with van der Waals surface area (Å²) in [6.07, 6.45) is 3.31. The van der Waals surface area contributed by atoms with Crippen molar-refractivity contribution < 1.29 is 9.21 Å². The molecule has 0 spiro atoms. The van der Waals surface area contributed by atoms with Crippen LogP contribution in [0.4, 0.5) is 11.6 Å². The second-order valence-electron chi connectivity index (χ2n) is 5.99.